The summed E-state index contributed by atoms with van der Waals surface area (Å²) in [4.78, 5) is 26.5. The molecular formula is C21H31FN2O3S. The molecule has 2 rings (SSSR count). The van der Waals surface area contributed by atoms with E-state index in [0.29, 0.717) is 36.0 Å². The Labute approximate surface area is 171 Å². The second kappa shape index (κ2) is 10.1. The van der Waals surface area contributed by atoms with Crippen molar-refractivity contribution in [2.75, 3.05) is 24.7 Å². The number of rotatable bonds is 6. The highest BCUT2D eigenvalue weighted by atomic mass is 32.2. The number of piperidine rings is 1. The van der Waals surface area contributed by atoms with E-state index < -0.39 is 5.60 Å². The van der Waals surface area contributed by atoms with Gasteiger partial charge in [0.1, 0.15) is 11.4 Å². The standard InChI is InChI=1S/C21H31FN2O3S/c1-21(2,3)27-20(26)24-12-10-15(11-13-24)6-5-7-19(25)23-16-8-9-18(28-4)17(22)14-16/h8-9,14-15H,5-7,10-13H2,1-4H3,(H,23,25). The molecule has 1 aliphatic rings. The molecule has 0 unspecified atom stereocenters. The normalized spacial score (nSPS) is 15.4. The Morgan fingerprint density at radius 2 is 1.96 bits per heavy atom. The van der Waals surface area contributed by atoms with E-state index in [4.69, 9.17) is 4.74 Å². The van der Waals surface area contributed by atoms with E-state index in [1.807, 2.05) is 27.0 Å². The molecule has 1 aliphatic heterocycles. The fourth-order valence-corrected chi connectivity index (χ4v) is 3.71. The molecule has 1 aromatic carbocycles. The number of carbonyl (C=O) groups excluding carboxylic acids is 2. The van der Waals surface area contributed by atoms with Crippen LogP contribution in [0.1, 0.15) is 52.9 Å². The molecule has 1 saturated heterocycles. The van der Waals surface area contributed by atoms with Crippen molar-refractivity contribution in [3.63, 3.8) is 0 Å². The zero-order valence-electron chi connectivity index (χ0n) is 17.2. The molecule has 0 aliphatic carbocycles. The van der Waals surface area contributed by atoms with Crippen molar-refractivity contribution in [3.8, 4) is 0 Å². The third kappa shape index (κ3) is 7.34. The highest BCUT2D eigenvalue weighted by Crippen LogP contribution is 2.25. The average Bonchev–Trinajstić information content (AvgIpc) is 2.61. The van der Waals surface area contributed by atoms with Crippen LogP contribution < -0.4 is 5.32 Å². The van der Waals surface area contributed by atoms with Crippen molar-refractivity contribution in [3.05, 3.63) is 24.0 Å². The first-order valence-corrected chi connectivity index (χ1v) is 11.0. The van der Waals surface area contributed by atoms with Gasteiger partial charge in [0.05, 0.1) is 0 Å². The Morgan fingerprint density at radius 3 is 2.54 bits per heavy atom. The number of benzene rings is 1. The molecule has 1 fully saturated rings. The van der Waals surface area contributed by atoms with Gasteiger partial charge in [-0.3, -0.25) is 4.79 Å². The third-order valence-corrected chi connectivity index (χ3v) is 5.49. The maximum absolute atomic E-state index is 13.8. The van der Waals surface area contributed by atoms with Crippen molar-refractivity contribution >= 4 is 29.4 Å². The number of nitrogens with zero attached hydrogens (tertiary/aromatic N) is 1. The molecule has 2 amide bonds. The number of carbonyl (C=O) groups is 2. The summed E-state index contributed by atoms with van der Waals surface area (Å²) < 4.78 is 19.2. The van der Waals surface area contributed by atoms with Crippen LogP contribution in [0.2, 0.25) is 0 Å². The molecule has 1 aromatic rings. The van der Waals surface area contributed by atoms with E-state index in [1.165, 1.54) is 17.8 Å². The number of ether oxygens (including phenoxy) is 1. The molecule has 0 radical (unpaired) electrons. The van der Waals surface area contributed by atoms with Gasteiger partial charge >= 0.3 is 6.09 Å². The fraction of sp³-hybridized carbons (Fsp3) is 0.619. The first-order chi connectivity index (χ1) is 13.2. The van der Waals surface area contributed by atoms with Gasteiger partial charge in [-0.25, -0.2) is 9.18 Å². The summed E-state index contributed by atoms with van der Waals surface area (Å²) >= 11 is 1.34. The van der Waals surface area contributed by atoms with Gasteiger partial charge < -0.3 is 15.0 Å². The van der Waals surface area contributed by atoms with Crippen molar-refractivity contribution in [2.24, 2.45) is 5.92 Å². The van der Waals surface area contributed by atoms with Crippen molar-refractivity contribution in [2.45, 2.75) is 63.4 Å². The minimum absolute atomic E-state index is 0.0949. The lowest BCUT2D eigenvalue weighted by Crippen LogP contribution is -2.41. The second-order valence-electron chi connectivity index (χ2n) is 8.20. The Morgan fingerprint density at radius 1 is 1.29 bits per heavy atom. The summed E-state index contributed by atoms with van der Waals surface area (Å²) in [6.45, 7) is 7.01. The summed E-state index contributed by atoms with van der Waals surface area (Å²) in [6, 6.07) is 4.75. The monoisotopic (exact) mass is 410 g/mol. The highest BCUT2D eigenvalue weighted by Gasteiger charge is 2.26. The summed E-state index contributed by atoms with van der Waals surface area (Å²) in [5, 5.41) is 2.76. The first kappa shape index (κ1) is 22.5. The third-order valence-electron chi connectivity index (χ3n) is 4.72. The highest BCUT2D eigenvalue weighted by molar-refractivity contribution is 7.98. The van der Waals surface area contributed by atoms with E-state index in [-0.39, 0.29) is 17.8 Å². The maximum Gasteiger partial charge on any atom is 0.410 e. The minimum Gasteiger partial charge on any atom is -0.444 e. The molecule has 1 N–H and O–H groups in total. The largest absolute Gasteiger partial charge is 0.444 e. The zero-order chi connectivity index (χ0) is 20.7. The Bertz CT molecular complexity index is 683. The number of anilines is 1. The topological polar surface area (TPSA) is 58.6 Å². The number of likely N-dealkylation sites (tertiary alicyclic amines) is 1. The molecule has 1 heterocycles. The lowest BCUT2D eigenvalue weighted by Gasteiger charge is -2.33. The van der Waals surface area contributed by atoms with Gasteiger partial charge in [0.25, 0.3) is 0 Å². The summed E-state index contributed by atoms with van der Waals surface area (Å²) in [5.74, 6) is 0.106. The fourth-order valence-electron chi connectivity index (χ4n) is 3.25. The molecule has 5 nitrogen and oxygen atoms in total. The predicted octanol–water partition coefficient (Wildman–Crippen LogP) is 5.30. The summed E-state index contributed by atoms with van der Waals surface area (Å²) in [7, 11) is 0. The Balaban J connectivity index is 1.67. The molecule has 0 aromatic heterocycles. The Kier molecular flexibility index (Phi) is 8.16. The van der Waals surface area contributed by atoms with Gasteiger partial charge in [-0.2, -0.15) is 0 Å². The number of hydrogen-bond donors (Lipinski definition) is 1. The van der Waals surface area contributed by atoms with Gasteiger partial charge in [0.15, 0.2) is 0 Å². The maximum atomic E-state index is 13.8. The van der Waals surface area contributed by atoms with Gasteiger partial charge in [-0.05, 0) is 76.8 Å². The molecule has 0 atom stereocenters. The van der Waals surface area contributed by atoms with E-state index in [1.54, 1.807) is 17.0 Å². The van der Waals surface area contributed by atoms with Gasteiger partial charge in [-0.1, -0.05) is 0 Å². The van der Waals surface area contributed by atoms with Crippen molar-refractivity contribution < 1.29 is 18.7 Å². The van der Waals surface area contributed by atoms with E-state index >= 15 is 0 Å². The first-order valence-electron chi connectivity index (χ1n) is 9.79. The van der Waals surface area contributed by atoms with E-state index in [2.05, 4.69) is 5.32 Å². The lowest BCUT2D eigenvalue weighted by atomic mass is 9.91. The summed E-state index contributed by atoms with van der Waals surface area (Å²) in [6.07, 6.45) is 5.59. The minimum atomic E-state index is -0.472. The molecule has 0 spiro atoms. The number of halogens is 1. The number of thioether (sulfide) groups is 1. The number of hydrogen-bond acceptors (Lipinski definition) is 4. The number of nitrogens with one attached hydrogen (secondary N) is 1. The Hall–Kier alpha value is -1.76. The van der Waals surface area contributed by atoms with Crippen LogP contribution in [0.4, 0.5) is 14.9 Å². The lowest BCUT2D eigenvalue weighted by molar-refractivity contribution is -0.116. The van der Waals surface area contributed by atoms with Gasteiger partial charge in [0, 0.05) is 30.1 Å². The van der Waals surface area contributed by atoms with E-state index in [9.17, 15) is 14.0 Å². The molecule has 0 bridgehead atoms. The molecule has 7 heteroatoms. The van der Waals surface area contributed by atoms with Gasteiger partial charge in [0.2, 0.25) is 5.91 Å². The quantitative estimate of drug-likeness (QED) is 0.646. The summed E-state index contributed by atoms with van der Waals surface area (Å²) in [5.41, 5.74) is 0.0193. The van der Waals surface area contributed by atoms with Crippen molar-refractivity contribution in [1.82, 2.24) is 4.90 Å². The van der Waals surface area contributed by atoms with Crippen LogP contribution in [0, 0.1) is 11.7 Å². The SMILES string of the molecule is CSc1ccc(NC(=O)CCCC2CCN(C(=O)OC(C)(C)C)CC2)cc1F. The van der Waals surface area contributed by atoms with Crippen LogP contribution in [0.15, 0.2) is 23.1 Å². The zero-order valence-corrected chi connectivity index (χ0v) is 18.0. The average molecular weight is 411 g/mol. The van der Waals surface area contributed by atoms with Crippen LogP contribution in [0.3, 0.4) is 0 Å². The van der Waals surface area contributed by atoms with Crippen LogP contribution in [0.25, 0.3) is 0 Å². The molecule has 156 valence electrons. The van der Waals surface area contributed by atoms with Crippen LogP contribution in [-0.4, -0.2) is 41.8 Å². The molecular weight excluding hydrogens is 379 g/mol. The van der Waals surface area contributed by atoms with Crippen molar-refractivity contribution in [1.29, 1.82) is 0 Å². The molecule has 0 saturated carbocycles. The van der Waals surface area contributed by atoms with Crippen LogP contribution >= 0.6 is 11.8 Å². The van der Waals surface area contributed by atoms with Crippen LogP contribution in [0.5, 0.6) is 0 Å². The van der Waals surface area contributed by atoms with Gasteiger partial charge in [-0.15, -0.1) is 11.8 Å². The molecule has 28 heavy (non-hydrogen) atoms. The predicted molar refractivity (Wildman–Crippen MR) is 111 cm³/mol. The van der Waals surface area contributed by atoms with Crippen LogP contribution in [-0.2, 0) is 9.53 Å². The second-order valence-corrected chi connectivity index (χ2v) is 9.05. The van der Waals surface area contributed by atoms with E-state index in [0.717, 1.165) is 25.7 Å². The smallest absolute Gasteiger partial charge is 0.410 e. The number of amides is 2.